The summed E-state index contributed by atoms with van der Waals surface area (Å²) >= 11 is 12.2. The molecule has 3 N–H and O–H groups in total. The first-order valence-corrected chi connectivity index (χ1v) is 7.94. The molecule has 1 aromatic heterocycles. The quantitative estimate of drug-likeness (QED) is 0.818. The van der Waals surface area contributed by atoms with Crippen LogP contribution in [0.15, 0.2) is 24.4 Å². The third kappa shape index (κ3) is 4.47. The SMILES string of the molecule is CC(C)CC(CN)Cc1ncc(-c2cc(Cl)ccc2Cl)[nH]1. The lowest BCUT2D eigenvalue weighted by molar-refractivity contribution is 0.409. The number of halogens is 2. The smallest absolute Gasteiger partial charge is 0.106 e. The van der Waals surface area contributed by atoms with Gasteiger partial charge >= 0.3 is 0 Å². The standard InChI is InChI=1S/C16H21Cl2N3/c1-10(2)5-11(8-19)6-16-20-9-15(21-16)13-7-12(17)3-4-14(13)18/h3-4,7,9-11H,5-6,8,19H2,1-2H3,(H,20,21). The number of hydrogen-bond donors (Lipinski definition) is 2. The highest BCUT2D eigenvalue weighted by Gasteiger charge is 2.13. The lowest BCUT2D eigenvalue weighted by Gasteiger charge is -2.15. The van der Waals surface area contributed by atoms with Crippen molar-refractivity contribution in [3.63, 3.8) is 0 Å². The molecule has 2 rings (SSSR count). The summed E-state index contributed by atoms with van der Waals surface area (Å²) in [5.41, 5.74) is 7.61. The Bertz CT molecular complexity index is 593. The van der Waals surface area contributed by atoms with E-state index in [2.05, 4.69) is 23.8 Å². The van der Waals surface area contributed by atoms with Crippen molar-refractivity contribution in [2.45, 2.75) is 26.7 Å². The van der Waals surface area contributed by atoms with E-state index in [4.69, 9.17) is 28.9 Å². The zero-order valence-electron chi connectivity index (χ0n) is 12.4. The van der Waals surface area contributed by atoms with Crippen LogP contribution in [0.4, 0.5) is 0 Å². The first kappa shape index (κ1) is 16.3. The van der Waals surface area contributed by atoms with Crippen molar-refractivity contribution in [2.75, 3.05) is 6.54 Å². The minimum atomic E-state index is 0.443. The molecule has 0 fully saturated rings. The Kier molecular flexibility index (Phi) is 5.68. The van der Waals surface area contributed by atoms with Gasteiger partial charge in [0.1, 0.15) is 5.82 Å². The van der Waals surface area contributed by atoms with E-state index >= 15 is 0 Å². The van der Waals surface area contributed by atoms with Crippen molar-refractivity contribution in [2.24, 2.45) is 17.6 Å². The molecule has 1 aromatic carbocycles. The molecule has 1 unspecified atom stereocenters. The van der Waals surface area contributed by atoms with Gasteiger partial charge in [-0.3, -0.25) is 0 Å². The summed E-state index contributed by atoms with van der Waals surface area (Å²) < 4.78 is 0. The van der Waals surface area contributed by atoms with E-state index < -0.39 is 0 Å². The highest BCUT2D eigenvalue weighted by molar-refractivity contribution is 6.35. The summed E-state index contributed by atoms with van der Waals surface area (Å²) in [4.78, 5) is 7.77. The first-order chi connectivity index (χ1) is 9.99. The number of rotatable bonds is 6. The first-order valence-electron chi connectivity index (χ1n) is 7.19. The Morgan fingerprint density at radius 3 is 2.71 bits per heavy atom. The number of benzene rings is 1. The third-order valence-corrected chi connectivity index (χ3v) is 4.03. The number of aromatic amines is 1. The number of nitrogens with two attached hydrogens (primary N) is 1. The second-order valence-electron chi connectivity index (χ2n) is 5.80. The average molecular weight is 326 g/mol. The maximum absolute atomic E-state index is 6.22. The molecule has 0 radical (unpaired) electrons. The van der Waals surface area contributed by atoms with E-state index in [1.807, 2.05) is 6.07 Å². The maximum atomic E-state index is 6.22. The van der Waals surface area contributed by atoms with Gasteiger partial charge in [0, 0.05) is 17.0 Å². The summed E-state index contributed by atoms with van der Waals surface area (Å²) in [5.74, 6) is 2.02. The van der Waals surface area contributed by atoms with E-state index in [0.29, 0.717) is 28.4 Å². The zero-order valence-corrected chi connectivity index (χ0v) is 13.9. The monoisotopic (exact) mass is 325 g/mol. The molecule has 0 aliphatic rings. The summed E-state index contributed by atoms with van der Waals surface area (Å²) in [7, 11) is 0. The number of nitrogens with zero attached hydrogens (tertiary/aromatic N) is 1. The lowest BCUT2D eigenvalue weighted by atomic mass is 9.94. The van der Waals surface area contributed by atoms with E-state index in [-0.39, 0.29) is 0 Å². The van der Waals surface area contributed by atoms with Crippen molar-refractivity contribution in [3.8, 4) is 11.3 Å². The number of hydrogen-bond acceptors (Lipinski definition) is 2. The van der Waals surface area contributed by atoms with Crippen LogP contribution in [0.5, 0.6) is 0 Å². The van der Waals surface area contributed by atoms with Crippen LogP contribution in [0, 0.1) is 11.8 Å². The van der Waals surface area contributed by atoms with E-state index in [1.54, 1.807) is 18.3 Å². The molecule has 0 bridgehead atoms. The molecule has 0 aliphatic heterocycles. The van der Waals surface area contributed by atoms with Gasteiger partial charge in [-0.2, -0.15) is 0 Å². The molecule has 0 aliphatic carbocycles. The second-order valence-corrected chi connectivity index (χ2v) is 6.65. The zero-order chi connectivity index (χ0) is 15.4. The van der Waals surface area contributed by atoms with Gasteiger partial charge in [0.15, 0.2) is 0 Å². The molecule has 0 saturated heterocycles. The molecule has 1 atom stereocenters. The molecule has 2 aromatic rings. The van der Waals surface area contributed by atoms with Crippen molar-refractivity contribution >= 4 is 23.2 Å². The minimum absolute atomic E-state index is 0.443. The van der Waals surface area contributed by atoms with Gasteiger partial charge in [-0.05, 0) is 43.0 Å². The minimum Gasteiger partial charge on any atom is -0.342 e. The Morgan fingerprint density at radius 1 is 1.29 bits per heavy atom. The summed E-state index contributed by atoms with van der Waals surface area (Å²) in [6.07, 6.45) is 3.76. The number of imidazole rings is 1. The highest BCUT2D eigenvalue weighted by Crippen LogP contribution is 2.29. The molecule has 114 valence electrons. The second kappa shape index (κ2) is 7.30. The highest BCUT2D eigenvalue weighted by atomic mass is 35.5. The molecule has 21 heavy (non-hydrogen) atoms. The van der Waals surface area contributed by atoms with Gasteiger partial charge in [0.25, 0.3) is 0 Å². The average Bonchev–Trinajstić information content (AvgIpc) is 2.88. The van der Waals surface area contributed by atoms with Crippen LogP contribution in [0.3, 0.4) is 0 Å². The number of nitrogens with one attached hydrogen (secondary N) is 1. The van der Waals surface area contributed by atoms with E-state index in [9.17, 15) is 0 Å². The van der Waals surface area contributed by atoms with Crippen LogP contribution in [-0.2, 0) is 6.42 Å². The summed E-state index contributed by atoms with van der Waals surface area (Å²) in [5, 5.41) is 1.32. The molecule has 0 saturated carbocycles. The van der Waals surface area contributed by atoms with Crippen molar-refractivity contribution in [3.05, 3.63) is 40.3 Å². The van der Waals surface area contributed by atoms with Crippen LogP contribution in [0.25, 0.3) is 11.3 Å². The largest absolute Gasteiger partial charge is 0.342 e. The topological polar surface area (TPSA) is 54.7 Å². The fourth-order valence-electron chi connectivity index (χ4n) is 2.51. The molecule has 1 heterocycles. The summed E-state index contributed by atoms with van der Waals surface area (Å²) in [6.45, 7) is 5.09. The predicted molar refractivity (Wildman–Crippen MR) is 89.7 cm³/mol. The van der Waals surface area contributed by atoms with Crippen molar-refractivity contribution in [1.29, 1.82) is 0 Å². The van der Waals surface area contributed by atoms with Gasteiger partial charge in [-0.25, -0.2) is 4.98 Å². The van der Waals surface area contributed by atoms with Crippen LogP contribution in [0.1, 0.15) is 26.1 Å². The Labute approximate surface area is 135 Å². The van der Waals surface area contributed by atoms with E-state index in [0.717, 1.165) is 29.9 Å². The molecule has 5 heteroatoms. The van der Waals surface area contributed by atoms with Gasteiger partial charge in [0.2, 0.25) is 0 Å². The lowest BCUT2D eigenvalue weighted by Crippen LogP contribution is -2.19. The fraction of sp³-hybridized carbons (Fsp3) is 0.438. The van der Waals surface area contributed by atoms with Gasteiger partial charge in [0.05, 0.1) is 16.9 Å². The molecule has 0 amide bonds. The molecular formula is C16H21Cl2N3. The van der Waals surface area contributed by atoms with Crippen LogP contribution in [-0.4, -0.2) is 16.5 Å². The van der Waals surface area contributed by atoms with Gasteiger partial charge in [-0.1, -0.05) is 37.0 Å². The molecular weight excluding hydrogens is 305 g/mol. The number of H-pyrrole nitrogens is 1. The summed E-state index contributed by atoms with van der Waals surface area (Å²) in [6, 6.07) is 5.41. The normalized spacial score (nSPS) is 12.9. The Hall–Kier alpha value is -1.03. The molecule has 3 nitrogen and oxygen atoms in total. The van der Waals surface area contributed by atoms with Gasteiger partial charge < -0.3 is 10.7 Å². The Morgan fingerprint density at radius 2 is 2.05 bits per heavy atom. The fourth-order valence-corrected chi connectivity index (χ4v) is 2.90. The van der Waals surface area contributed by atoms with Crippen LogP contribution < -0.4 is 5.73 Å². The molecule has 0 spiro atoms. The third-order valence-electron chi connectivity index (χ3n) is 3.47. The van der Waals surface area contributed by atoms with Crippen molar-refractivity contribution in [1.82, 2.24) is 9.97 Å². The van der Waals surface area contributed by atoms with E-state index in [1.165, 1.54) is 0 Å². The van der Waals surface area contributed by atoms with Crippen LogP contribution >= 0.6 is 23.2 Å². The predicted octanol–water partition coefficient (Wildman–Crippen LogP) is 4.55. The maximum Gasteiger partial charge on any atom is 0.106 e. The number of aromatic nitrogens is 2. The van der Waals surface area contributed by atoms with Crippen molar-refractivity contribution < 1.29 is 0 Å². The Balaban J connectivity index is 2.16. The van der Waals surface area contributed by atoms with Crippen LogP contribution in [0.2, 0.25) is 10.0 Å². The van der Waals surface area contributed by atoms with Gasteiger partial charge in [-0.15, -0.1) is 0 Å².